The molecule has 0 radical (unpaired) electrons. The van der Waals surface area contributed by atoms with Gasteiger partial charge in [0.2, 0.25) is 10.0 Å². The molecule has 0 aromatic heterocycles. The van der Waals surface area contributed by atoms with Crippen molar-refractivity contribution in [3.63, 3.8) is 0 Å². The van der Waals surface area contributed by atoms with Crippen LogP contribution in [0.2, 0.25) is 0 Å². The third-order valence-electron chi connectivity index (χ3n) is 4.00. The first-order valence-electron chi connectivity index (χ1n) is 8.37. The van der Waals surface area contributed by atoms with E-state index in [1.807, 2.05) is 30.3 Å². The smallest absolute Gasteiger partial charge is 0.264 e. The maximum Gasteiger partial charge on any atom is 0.264 e. The molecule has 1 N–H and O–H groups in total. The van der Waals surface area contributed by atoms with Crippen LogP contribution in [0.4, 0.5) is 4.39 Å². The summed E-state index contributed by atoms with van der Waals surface area (Å²) in [5, 5.41) is 1.15. The Morgan fingerprint density at radius 1 is 1.07 bits per heavy atom. The van der Waals surface area contributed by atoms with E-state index in [-0.39, 0.29) is 24.5 Å². The Balaban J connectivity index is 1.70. The minimum absolute atomic E-state index is 0.110. The second-order valence-electron chi connectivity index (χ2n) is 5.99. The fourth-order valence-electron chi connectivity index (χ4n) is 2.58. The topological polar surface area (TPSA) is 75.7 Å². The molecule has 142 valence electrons. The average Bonchev–Trinajstić information content (AvgIpc) is 2.83. The highest BCUT2D eigenvalue weighted by Gasteiger charge is 2.30. The predicted octanol–water partition coefficient (Wildman–Crippen LogP) is 2.39. The molecule has 1 heterocycles. The van der Waals surface area contributed by atoms with Gasteiger partial charge in [-0.15, -0.1) is 0 Å². The van der Waals surface area contributed by atoms with Crippen molar-refractivity contribution in [1.82, 2.24) is 9.79 Å². The van der Waals surface area contributed by atoms with Gasteiger partial charge in [-0.05, 0) is 36.2 Å². The molecule has 8 heteroatoms. The molecule has 3 rings (SSSR count). The summed E-state index contributed by atoms with van der Waals surface area (Å²) in [6.45, 7) is 0.415. The Bertz CT molecular complexity index is 914. The summed E-state index contributed by atoms with van der Waals surface area (Å²) in [6.07, 6.45) is 3.67. The molecule has 0 saturated heterocycles. The highest BCUT2D eigenvalue weighted by atomic mass is 32.2. The number of hydrogen-bond acceptors (Lipinski definition) is 4. The zero-order chi connectivity index (χ0) is 19.3. The van der Waals surface area contributed by atoms with Crippen LogP contribution in [0.15, 0.2) is 71.6 Å². The number of carbonyl (C=O) groups excluding carboxylic acids is 1. The van der Waals surface area contributed by atoms with Crippen LogP contribution < -0.4 is 4.72 Å². The molecule has 1 amide bonds. The first kappa shape index (κ1) is 19.2. The fourth-order valence-corrected chi connectivity index (χ4v) is 3.78. The van der Waals surface area contributed by atoms with Crippen molar-refractivity contribution >= 4 is 15.9 Å². The predicted molar refractivity (Wildman–Crippen MR) is 97.2 cm³/mol. The lowest BCUT2D eigenvalue weighted by Gasteiger charge is -2.24. The summed E-state index contributed by atoms with van der Waals surface area (Å²) in [4.78, 5) is 18.2. The number of nitrogens with one attached hydrogen (secondary N) is 1. The van der Waals surface area contributed by atoms with E-state index >= 15 is 0 Å². The number of sulfonamides is 1. The molecular weight excluding hydrogens is 371 g/mol. The van der Waals surface area contributed by atoms with Gasteiger partial charge in [0.15, 0.2) is 0 Å². The normalized spacial score (nSPS) is 17.7. The number of benzene rings is 2. The van der Waals surface area contributed by atoms with Gasteiger partial charge in [0.05, 0.1) is 11.4 Å². The van der Waals surface area contributed by atoms with Gasteiger partial charge in [-0.25, -0.2) is 17.9 Å². The van der Waals surface area contributed by atoms with Crippen molar-refractivity contribution < 1.29 is 22.4 Å². The van der Waals surface area contributed by atoms with E-state index in [0.717, 1.165) is 34.9 Å². The molecule has 0 aliphatic carbocycles. The largest absolute Gasteiger partial charge is 0.271 e. The Morgan fingerprint density at radius 3 is 2.48 bits per heavy atom. The van der Waals surface area contributed by atoms with E-state index in [9.17, 15) is 17.6 Å². The molecule has 1 atom stereocenters. The quantitative estimate of drug-likeness (QED) is 0.769. The van der Waals surface area contributed by atoms with E-state index in [1.54, 1.807) is 12.2 Å². The van der Waals surface area contributed by atoms with E-state index in [4.69, 9.17) is 4.84 Å². The molecule has 2 aromatic carbocycles. The van der Waals surface area contributed by atoms with Crippen LogP contribution in [0.25, 0.3) is 0 Å². The van der Waals surface area contributed by atoms with Crippen molar-refractivity contribution in [2.45, 2.75) is 24.0 Å². The first-order chi connectivity index (χ1) is 13.0. The molecule has 0 unspecified atom stereocenters. The fraction of sp³-hybridized carbons (Fsp3) is 0.211. The first-order valence-corrected chi connectivity index (χ1v) is 9.85. The lowest BCUT2D eigenvalue weighted by atomic mass is 10.2. The molecule has 0 fully saturated rings. The average molecular weight is 390 g/mol. The zero-order valence-corrected chi connectivity index (χ0v) is 15.2. The van der Waals surface area contributed by atoms with Gasteiger partial charge in [-0.3, -0.25) is 9.63 Å². The Labute approximate surface area is 157 Å². The molecule has 1 aliphatic heterocycles. The number of rotatable bonds is 6. The summed E-state index contributed by atoms with van der Waals surface area (Å²) in [6, 6.07) is 12.7. The molecule has 0 spiro atoms. The maximum absolute atomic E-state index is 13.0. The Morgan fingerprint density at radius 2 is 1.78 bits per heavy atom. The van der Waals surface area contributed by atoms with Crippen molar-refractivity contribution in [2.24, 2.45) is 0 Å². The third kappa shape index (κ3) is 5.00. The van der Waals surface area contributed by atoms with Crippen LogP contribution >= 0.6 is 0 Å². The van der Waals surface area contributed by atoms with Crippen LogP contribution in [0.3, 0.4) is 0 Å². The van der Waals surface area contributed by atoms with Gasteiger partial charge in [0, 0.05) is 0 Å². The third-order valence-corrected chi connectivity index (χ3v) is 5.49. The highest BCUT2D eigenvalue weighted by Crippen LogP contribution is 2.15. The molecular formula is C19H19FN2O4S. The molecule has 1 aliphatic rings. The summed E-state index contributed by atoms with van der Waals surface area (Å²) in [5.74, 6) is -1.02. The summed E-state index contributed by atoms with van der Waals surface area (Å²) >= 11 is 0. The molecule has 0 saturated carbocycles. The van der Waals surface area contributed by atoms with Gasteiger partial charge in [-0.2, -0.15) is 4.72 Å². The van der Waals surface area contributed by atoms with Gasteiger partial charge in [-0.1, -0.05) is 42.5 Å². The highest BCUT2D eigenvalue weighted by molar-refractivity contribution is 7.89. The number of carbonyl (C=O) groups is 1. The van der Waals surface area contributed by atoms with Crippen LogP contribution in [0.1, 0.15) is 12.0 Å². The standard InChI is InChI=1S/C19H19FN2O4S/c20-16-9-11-17(12-10-16)27(24,25)21-18-8-4-5-13-22(19(18)23)26-14-15-6-2-1-3-7-15/h1-7,9-12,18,21H,8,13-14H2/t18-/m1/s1. The van der Waals surface area contributed by atoms with E-state index in [2.05, 4.69) is 4.72 Å². The van der Waals surface area contributed by atoms with Crippen LogP contribution in [-0.2, 0) is 26.3 Å². The monoisotopic (exact) mass is 390 g/mol. The van der Waals surface area contributed by atoms with Gasteiger partial charge < -0.3 is 0 Å². The van der Waals surface area contributed by atoms with E-state index < -0.39 is 27.8 Å². The minimum Gasteiger partial charge on any atom is -0.271 e. The van der Waals surface area contributed by atoms with Crippen LogP contribution in [0, 0.1) is 5.82 Å². The van der Waals surface area contributed by atoms with Gasteiger partial charge in [0.1, 0.15) is 18.5 Å². The zero-order valence-electron chi connectivity index (χ0n) is 14.4. The second kappa shape index (κ2) is 8.43. The molecule has 0 bridgehead atoms. The summed E-state index contributed by atoms with van der Waals surface area (Å²) in [5.41, 5.74) is 0.891. The second-order valence-corrected chi connectivity index (χ2v) is 7.71. The number of nitrogens with zero attached hydrogens (tertiary/aromatic N) is 1. The van der Waals surface area contributed by atoms with E-state index in [0.29, 0.717) is 0 Å². The minimum atomic E-state index is -3.97. The summed E-state index contributed by atoms with van der Waals surface area (Å²) in [7, 11) is -3.97. The van der Waals surface area contributed by atoms with E-state index in [1.165, 1.54) is 0 Å². The lowest BCUT2D eigenvalue weighted by Crippen LogP contribution is -2.47. The number of hydrogen-bond donors (Lipinski definition) is 1. The van der Waals surface area contributed by atoms with Crippen molar-refractivity contribution in [2.75, 3.05) is 6.54 Å². The van der Waals surface area contributed by atoms with Gasteiger partial charge in [0.25, 0.3) is 5.91 Å². The van der Waals surface area contributed by atoms with Crippen molar-refractivity contribution in [3.8, 4) is 0 Å². The Hall–Kier alpha value is -2.55. The van der Waals surface area contributed by atoms with Gasteiger partial charge >= 0.3 is 0 Å². The number of halogens is 1. The molecule has 2 aromatic rings. The SMILES string of the molecule is O=C1[C@H](NS(=O)(=O)c2ccc(F)cc2)CC=CCN1OCc1ccccc1. The van der Waals surface area contributed by atoms with Crippen molar-refractivity contribution in [1.29, 1.82) is 0 Å². The number of hydroxylamine groups is 2. The summed E-state index contributed by atoms with van der Waals surface area (Å²) < 4.78 is 40.4. The molecule has 27 heavy (non-hydrogen) atoms. The van der Waals surface area contributed by atoms with Crippen LogP contribution in [0.5, 0.6) is 0 Å². The lowest BCUT2D eigenvalue weighted by molar-refractivity contribution is -0.189. The maximum atomic E-state index is 13.0. The molecule has 6 nitrogen and oxygen atoms in total. The Kier molecular flexibility index (Phi) is 6.00. The van der Waals surface area contributed by atoms with Crippen molar-refractivity contribution in [3.05, 3.63) is 78.1 Å². The number of amides is 1. The van der Waals surface area contributed by atoms with Crippen LogP contribution in [-0.4, -0.2) is 32.0 Å².